The zero-order chi connectivity index (χ0) is 17.7. The van der Waals surface area contributed by atoms with Gasteiger partial charge in [0.2, 0.25) is 11.1 Å². The number of aromatic nitrogens is 3. The van der Waals surface area contributed by atoms with E-state index in [1.807, 2.05) is 20.8 Å². The third kappa shape index (κ3) is 5.19. The summed E-state index contributed by atoms with van der Waals surface area (Å²) in [6.45, 7) is 3.03. The summed E-state index contributed by atoms with van der Waals surface area (Å²) in [5, 5.41) is 9.86. The fraction of sp³-hybridized carbons (Fsp3) is 0.400. The molecule has 0 aliphatic rings. The maximum Gasteiger partial charge on any atom is 0.387 e. The second kappa shape index (κ2) is 7.61. The molecule has 1 aromatic carbocycles. The molecule has 0 atom stereocenters. The van der Waals surface area contributed by atoms with Crippen LogP contribution in [0.1, 0.15) is 26.6 Å². The van der Waals surface area contributed by atoms with Gasteiger partial charge in [-0.05, 0) is 12.1 Å². The van der Waals surface area contributed by atoms with Crippen LogP contribution in [0.2, 0.25) is 0 Å². The molecule has 2 aromatic rings. The second-order valence-corrected chi connectivity index (χ2v) is 6.87. The van der Waals surface area contributed by atoms with Gasteiger partial charge in [-0.15, -0.1) is 5.10 Å². The van der Waals surface area contributed by atoms with Crippen LogP contribution < -0.4 is 10.1 Å². The summed E-state index contributed by atoms with van der Waals surface area (Å²) in [5.41, 5.74) is 0.0216. The molecular weight excluding hydrogens is 338 g/mol. The Labute approximate surface area is 142 Å². The Hall–Kier alpha value is -2.16. The third-order valence-corrected chi connectivity index (χ3v) is 3.73. The summed E-state index contributed by atoms with van der Waals surface area (Å²) in [7, 11) is 0. The van der Waals surface area contributed by atoms with E-state index in [4.69, 9.17) is 0 Å². The number of alkyl halides is 2. The highest BCUT2D eigenvalue weighted by Crippen LogP contribution is 2.26. The first-order valence-corrected chi connectivity index (χ1v) is 8.13. The van der Waals surface area contributed by atoms with Gasteiger partial charge in [-0.3, -0.25) is 9.89 Å². The lowest BCUT2D eigenvalue weighted by Crippen LogP contribution is -2.16. The number of ether oxygens (including phenoxy) is 1. The van der Waals surface area contributed by atoms with Crippen molar-refractivity contribution >= 4 is 23.4 Å². The van der Waals surface area contributed by atoms with Crippen molar-refractivity contribution in [2.75, 3.05) is 11.1 Å². The van der Waals surface area contributed by atoms with E-state index in [-0.39, 0.29) is 28.5 Å². The number of carbonyl (C=O) groups excluding carboxylic acids is 1. The van der Waals surface area contributed by atoms with Crippen LogP contribution in [-0.4, -0.2) is 33.5 Å². The number of nitrogens with zero attached hydrogens (tertiary/aromatic N) is 2. The van der Waals surface area contributed by atoms with Gasteiger partial charge in [0, 0.05) is 5.41 Å². The lowest BCUT2D eigenvalue weighted by molar-refractivity contribution is -0.113. The maximum atomic E-state index is 12.3. The number of benzene rings is 1. The molecule has 1 heterocycles. The number of anilines is 1. The van der Waals surface area contributed by atoms with E-state index in [0.717, 1.165) is 17.6 Å². The number of amides is 1. The molecule has 2 N–H and O–H groups in total. The number of H-pyrrole nitrogens is 1. The van der Waals surface area contributed by atoms with Gasteiger partial charge in [0.15, 0.2) is 0 Å². The Morgan fingerprint density at radius 2 is 2.08 bits per heavy atom. The van der Waals surface area contributed by atoms with Crippen LogP contribution in [0.3, 0.4) is 0 Å². The van der Waals surface area contributed by atoms with Crippen molar-refractivity contribution in [2.45, 2.75) is 38.0 Å². The SMILES string of the molecule is CC(C)(C)c1nc(SCC(=O)Nc2ccccc2OC(F)F)n[nH]1. The molecule has 24 heavy (non-hydrogen) atoms. The number of carbonyl (C=O) groups is 1. The number of aromatic amines is 1. The number of nitrogens with one attached hydrogen (secondary N) is 2. The van der Waals surface area contributed by atoms with E-state index in [1.165, 1.54) is 12.1 Å². The van der Waals surface area contributed by atoms with E-state index in [1.54, 1.807) is 12.1 Å². The van der Waals surface area contributed by atoms with Crippen LogP contribution in [0.4, 0.5) is 14.5 Å². The zero-order valence-corrected chi connectivity index (χ0v) is 14.3. The molecular formula is C15H18F2N4O2S. The fourth-order valence-electron chi connectivity index (χ4n) is 1.73. The normalized spacial score (nSPS) is 11.6. The lowest BCUT2D eigenvalue weighted by atomic mass is 9.96. The minimum Gasteiger partial charge on any atom is -0.433 e. The Morgan fingerprint density at radius 1 is 1.38 bits per heavy atom. The largest absolute Gasteiger partial charge is 0.433 e. The van der Waals surface area contributed by atoms with E-state index in [9.17, 15) is 13.6 Å². The number of hydrogen-bond acceptors (Lipinski definition) is 5. The van der Waals surface area contributed by atoms with Crippen molar-refractivity contribution in [1.82, 2.24) is 15.2 Å². The number of para-hydroxylation sites is 2. The molecule has 1 amide bonds. The van der Waals surface area contributed by atoms with Crippen LogP contribution >= 0.6 is 11.8 Å². The fourth-order valence-corrected chi connectivity index (χ4v) is 2.33. The average molecular weight is 356 g/mol. The molecule has 0 unspecified atom stereocenters. The highest BCUT2D eigenvalue weighted by atomic mass is 32.2. The van der Waals surface area contributed by atoms with Crippen LogP contribution in [0.15, 0.2) is 29.4 Å². The molecule has 0 radical (unpaired) electrons. The van der Waals surface area contributed by atoms with Gasteiger partial charge >= 0.3 is 6.61 Å². The summed E-state index contributed by atoms with van der Waals surface area (Å²) >= 11 is 1.15. The van der Waals surface area contributed by atoms with Crippen molar-refractivity contribution in [2.24, 2.45) is 0 Å². The zero-order valence-electron chi connectivity index (χ0n) is 13.5. The number of halogens is 2. The summed E-state index contributed by atoms with van der Waals surface area (Å²) in [6.07, 6.45) is 0. The molecule has 0 saturated carbocycles. The number of thioether (sulfide) groups is 1. The lowest BCUT2D eigenvalue weighted by Gasteiger charge is -2.12. The molecule has 2 rings (SSSR count). The molecule has 0 saturated heterocycles. The van der Waals surface area contributed by atoms with E-state index in [0.29, 0.717) is 5.16 Å². The van der Waals surface area contributed by atoms with Gasteiger partial charge in [-0.2, -0.15) is 8.78 Å². The standard InChI is InChI=1S/C15H18F2N4O2S/c1-15(2,3)12-19-14(21-20-12)24-8-11(22)18-9-6-4-5-7-10(9)23-13(16)17/h4-7,13H,8H2,1-3H3,(H,18,22)(H,19,20,21). The summed E-state index contributed by atoms with van der Waals surface area (Å²) < 4.78 is 29.1. The molecule has 0 fully saturated rings. The predicted octanol–water partition coefficient (Wildman–Crippen LogP) is 3.43. The molecule has 0 aliphatic carbocycles. The Kier molecular flexibility index (Phi) is 5.76. The second-order valence-electron chi connectivity index (χ2n) is 5.93. The number of hydrogen-bond donors (Lipinski definition) is 2. The number of rotatable bonds is 6. The molecule has 130 valence electrons. The minimum absolute atomic E-state index is 0.0461. The van der Waals surface area contributed by atoms with Crippen molar-refractivity contribution < 1.29 is 18.3 Å². The van der Waals surface area contributed by atoms with Gasteiger partial charge < -0.3 is 10.1 Å². The Morgan fingerprint density at radius 3 is 2.71 bits per heavy atom. The maximum absolute atomic E-state index is 12.3. The first-order chi connectivity index (χ1) is 11.3. The van der Waals surface area contributed by atoms with E-state index >= 15 is 0 Å². The molecule has 6 nitrogen and oxygen atoms in total. The Bertz CT molecular complexity index is 701. The third-order valence-electron chi connectivity index (χ3n) is 2.88. The minimum atomic E-state index is -2.96. The predicted molar refractivity (Wildman–Crippen MR) is 87.5 cm³/mol. The van der Waals surface area contributed by atoms with Gasteiger partial charge in [0.1, 0.15) is 11.6 Å². The first-order valence-electron chi connectivity index (χ1n) is 7.15. The van der Waals surface area contributed by atoms with E-state index < -0.39 is 6.61 Å². The Balaban J connectivity index is 1.93. The molecule has 0 bridgehead atoms. The summed E-state index contributed by atoms with van der Waals surface area (Å²) in [4.78, 5) is 16.3. The topological polar surface area (TPSA) is 79.9 Å². The van der Waals surface area contributed by atoms with Gasteiger partial charge in [-0.25, -0.2) is 4.98 Å². The van der Waals surface area contributed by atoms with Crippen molar-refractivity contribution in [1.29, 1.82) is 0 Å². The van der Waals surface area contributed by atoms with Crippen molar-refractivity contribution in [3.05, 3.63) is 30.1 Å². The van der Waals surface area contributed by atoms with Crippen LogP contribution in [0, 0.1) is 0 Å². The van der Waals surface area contributed by atoms with Crippen LogP contribution in [0.25, 0.3) is 0 Å². The first kappa shape index (κ1) is 18.2. The van der Waals surface area contributed by atoms with Gasteiger partial charge in [0.25, 0.3) is 0 Å². The smallest absolute Gasteiger partial charge is 0.387 e. The van der Waals surface area contributed by atoms with E-state index in [2.05, 4.69) is 25.2 Å². The van der Waals surface area contributed by atoms with Gasteiger partial charge in [-0.1, -0.05) is 44.7 Å². The van der Waals surface area contributed by atoms with Crippen LogP contribution in [0.5, 0.6) is 5.75 Å². The van der Waals surface area contributed by atoms with Gasteiger partial charge in [0.05, 0.1) is 11.4 Å². The van der Waals surface area contributed by atoms with Crippen molar-refractivity contribution in [3.8, 4) is 5.75 Å². The summed E-state index contributed by atoms with van der Waals surface area (Å²) in [6, 6.07) is 6.01. The summed E-state index contributed by atoms with van der Waals surface area (Å²) in [5.74, 6) is 0.317. The average Bonchev–Trinajstić information content (AvgIpc) is 2.96. The molecule has 0 spiro atoms. The molecule has 0 aliphatic heterocycles. The molecule has 1 aromatic heterocycles. The highest BCUT2D eigenvalue weighted by molar-refractivity contribution is 7.99. The van der Waals surface area contributed by atoms with Crippen molar-refractivity contribution in [3.63, 3.8) is 0 Å². The molecule has 9 heteroatoms. The highest BCUT2D eigenvalue weighted by Gasteiger charge is 2.19. The quantitative estimate of drug-likeness (QED) is 0.775. The van der Waals surface area contributed by atoms with Crippen LogP contribution in [-0.2, 0) is 10.2 Å². The monoisotopic (exact) mass is 356 g/mol.